The Labute approximate surface area is 203 Å². The summed E-state index contributed by atoms with van der Waals surface area (Å²) in [5, 5.41) is 10.9. The molecule has 0 fully saturated rings. The van der Waals surface area contributed by atoms with Gasteiger partial charge in [-0.2, -0.15) is 9.61 Å². The molecule has 166 valence electrons. The van der Waals surface area contributed by atoms with Crippen molar-refractivity contribution in [1.29, 1.82) is 0 Å². The minimum Gasteiger partial charge on any atom is -0.293 e. The second-order valence-corrected chi connectivity index (χ2v) is 9.65. The highest BCUT2D eigenvalue weighted by Gasteiger charge is 2.16. The van der Waals surface area contributed by atoms with E-state index in [1.807, 2.05) is 67.1 Å². The fourth-order valence-corrected chi connectivity index (χ4v) is 4.83. The molecule has 2 aromatic carbocycles. The lowest BCUT2D eigenvalue weighted by Gasteiger charge is -2.06. The van der Waals surface area contributed by atoms with Gasteiger partial charge in [0, 0.05) is 34.1 Å². The number of carbonyl (C=O) groups excluding carboxylic acids is 1. The number of para-hydroxylation sites is 1. The van der Waals surface area contributed by atoms with Crippen molar-refractivity contribution in [2.75, 3.05) is 5.75 Å². The molecule has 3 heterocycles. The van der Waals surface area contributed by atoms with Gasteiger partial charge in [-0.3, -0.25) is 9.48 Å². The number of hydrogen-bond donors (Lipinski definition) is 0. The molecule has 0 spiro atoms. The molecule has 0 atom stereocenters. The Balaban J connectivity index is 1.44. The number of carbonyl (C=O) groups is 1. The largest absolute Gasteiger partial charge is 0.293 e. The minimum absolute atomic E-state index is 0.0421. The van der Waals surface area contributed by atoms with Gasteiger partial charge in [-0.25, -0.2) is 9.97 Å². The second-order valence-electron chi connectivity index (χ2n) is 7.79. The number of thioether (sulfide) groups is 1. The summed E-state index contributed by atoms with van der Waals surface area (Å²) in [6.45, 7) is 4.74. The molecule has 0 aliphatic carbocycles. The number of Topliss-reactive ketones (excluding diaryl/α,β-unsaturated/α-hetero) is 1. The van der Waals surface area contributed by atoms with Crippen molar-refractivity contribution >= 4 is 50.0 Å². The monoisotopic (exact) mass is 520 g/mol. The van der Waals surface area contributed by atoms with Gasteiger partial charge >= 0.3 is 0 Å². The summed E-state index contributed by atoms with van der Waals surface area (Å²) < 4.78 is 4.68. The molecular weight excluding hydrogens is 500 g/mol. The van der Waals surface area contributed by atoms with Crippen LogP contribution in [0.2, 0.25) is 0 Å². The van der Waals surface area contributed by atoms with E-state index in [-0.39, 0.29) is 11.5 Å². The van der Waals surface area contributed by atoms with Gasteiger partial charge in [-0.1, -0.05) is 52.0 Å². The van der Waals surface area contributed by atoms with Gasteiger partial charge in [0.15, 0.2) is 22.4 Å². The maximum Gasteiger partial charge on any atom is 0.192 e. The van der Waals surface area contributed by atoms with E-state index in [2.05, 4.69) is 27.1 Å². The molecule has 5 rings (SSSR count). The Kier molecular flexibility index (Phi) is 5.99. The Hall–Kier alpha value is -3.04. The average molecular weight is 521 g/mol. The molecule has 0 N–H and O–H groups in total. The van der Waals surface area contributed by atoms with E-state index in [4.69, 9.17) is 15.1 Å². The predicted octanol–water partition coefficient (Wildman–Crippen LogP) is 5.07. The highest BCUT2D eigenvalue weighted by molar-refractivity contribution is 9.10. The van der Waals surface area contributed by atoms with Crippen molar-refractivity contribution in [3.05, 3.63) is 81.8 Å². The average Bonchev–Trinajstić information content (AvgIpc) is 3.38. The first kappa shape index (κ1) is 21.8. The number of ketones is 1. The SMILES string of the molecule is Cc1cc(C)n(CCc2nc3c4ccccc4nc(SCC(=O)c4ccc(Br)cc4)n3n2)n1. The molecule has 33 heavy (non-hydrogen) atoms. The summed E-state index contributed by atoms with van der Waals surface area (Å²) in [7, 11) is 0. The van der Waals surface area contributed by atoms with Crippen molar-refractivity contribution in [2.45, 2.75) is 32.0 Å². The lowest BCUT2D eigenvalue weighted by atomic mass is 10.2. The summed E-state index contributed by atoms with van der Waals surface area (Å²) in [4.78, 5) is 22.3. The number of aryl methyl sites for hydroxylation is 4. The van der Waals surface area contributed by atoms with Gasteiger partial charge in [0.25, 0.3) is 0 Å². The fraction of sp³-hybridized carbons (Fsp3) is 0.208. The molecule has 0 radical (unpaired) electrons. The third-order valence-corrected chi connectivity index (χ3v) is 6.80. The Morgan fingerprint density at radius 1 is 1.03 bits per heavy atom. The van der Waals surface area contributed by atoms with Crippen molar-refractivity contribution in [1.82, 2.24) is 29.4 Å². The molecule has 9 heteroatoms. The Morgan fingerprint density at radius 2 is 1.82 bits per heavy atom. The molecule has 0 amide bonds. The van der Waals surface area contributed by atoms with Crippen molar-refractivity contribution in [2.24, 2.45) is 0 Å². The van der Waals surface area contributed by atoms with Gasteiger partial charge in [0.2, 0.25) is 0 Å². The van der Waals surface area contributed by atoms with Crippen LogP contribution < -0.4 is 0 Å². The van der Waals surface area contributed by atoms with Gasteiger partial charge in [0.05, 0.1) is 17.0 Å². The van der Waals surface area contributed by atoms with E-state index in [9.17, 15) is 4.79 Å². The molecule has 0 bridgehead atoms. The molecule has 3 aromatic heterocycles. The second kappa shape index (κ2) is 9.07. The number of fused-ring (bicyclic) bond motifs is 3. The maximum absolute atomic E-state index is 12.7. The summed E-state index contributed by atoms with van der Waals surface area (Å²) in [5.74, 6) is 1.03. The molecule has 7 nitrogen and oxygen atoms in total. The normalized spacial score (nSPS) is 11.5. The summed E-state index contributed by atoms with van der Waals surface area (Å²) in [6.07, 6.45) is 0.653. The number of benzene rings is 2. The van der Waals surface area contributed by atoms with Crippen LogP contribution in [0.3, 0.4) is 0 Å². The van der Waals surface area contributed by atoms with Crippen molar-refractivity contribution < 1.29 is 4.79 Å². The Bertz CT molecular complexity index is 1470. The number of halogens is 1. The molecule has 0 aliphatic rings. The first-order chi connectivity index (χ1) is 16.0. The van der Waals surface area contributed by atoms with Crippen LogP contribution in [0.15, 0.2) is 64.2 Å². The van der Waals surface area contributed by atoms with Crippen LogP contribution in [0.5, 0.6) is 0 Å². The van der Waals surface area contributed by atoms with Crippen LogP contribution >= 0.6 is 27.7 Å². The standard InChI is InChI=1S/C24H21BrN6OS/c1-15-13-16(2)30(28-15)12-11-22-27-23-19-5-3-4-6-20(19)26-24(31(23)29-22)33-14-21(32)17-7-9-18(25)10-8-17/h3-10,13H,11-12,14H2,1-2H3. The van der Waals surface area contributed by atoms with E-state index in [0.29, 0.717) is 23.7 Å². The van der Waals surface area contributed by atoms with E-state index in [1.54, 1.807) is 4.52 Å². The van der Waals surface area contributed by atoms with E-state index in [1.165, 1.54) is 11.8 Å². The smallest absolute Gasteiger partial charge is 0.192 e. The zero-order valence-electron chi connectivity index (χ0n) is 18.2. The van der Waals surface area contributed by atoms with E-state index >= 15 is 0 Å². The molecule has 0 aliphatic heterocycles. The summed E-state index contributed by atoms with van der Waals surface area (Å²) in [6, 6.07) is 17.3. The Morgan fingerprint density at radius 3 is 2.58 bits per heavy atom. The quantitative estimate of drug-likeness (QED) is 0.169. The van der Waals surface area contributed by atoms with Crippen molar-refractivity contribution in [3.63, 3.8) is 0 Å². The number of hydrogen-bond acceptors (Lipinski definition) is 6. The zero-order valence-corrected chi connectivity index (χ0v) is 20.6. The first-order valence-electron chi connectivity index (χ1n) is 10.5. The highest BCUT2D eigenvalue weighted by atomic mass is 79.9. The lowest BCUT2D eigenvalue weighted by Crippen LogP contribution is -2.07. The lowest BCUT2D eigenvalue weighted by molar-refractivity contribution is 0.102. The fourth-order valence-electron chi connectivity index (χ4n) is 3.73. The van der Waals surface area contributed by atoms with E-state index in [0.717, 1.165) is 38.2 Å². The molecule has 0 saturated carbocycles. The topological polar surface area (TPSA) is 78.0 Å². The summed E-state index contributed by atoms with van der Waals surface area (Å²) >= 11 is 4.78. The third-order valence-electron chi connectivity index (χ3n) is 5.34. The first-order valence-corrected chi connectivity index (χ1v) is 12.3. The van der Waals surface area contributed by atoms with Crippen molar-refractivity contribution in [3.8, 4) is 0 Å². The number of rotatable bonds is 7. The zero-order chi connectivity index (χ0) is 22.9. The van der Waals surface area contributed by atoms with Gasteiger partial charge < -0.3 is 0 Å². The number of nitrogens with zero attached hydrogens (tertiary/aromatic N) is 6. The maximum atomic E-state index is 12.7. The molecule has 0 unspecified atom stereocenters. The molecule has 5 aromatic rings. The van der Waals surface area contributed by atoms with Crippen LogP contribution in [0.1, 0.15) is 27.6 Å². The van der Waals surface area contributed by atoms with Gasteiger partial charge in [-0.05, 0) is 44.2 Å². The van der Waals surface area contributed by atoms with E-state index < -0.39 is 0 Å². The highest BCUT2D eigenvalue weighted by Crippen LogP contribution is 2.25. The third kappa shape index (κ3) is 4.56. The van der Waals surface area contributed by atoms with Crippen LogP contribution in [0.25, 0.3) is 16.6 Å². The minimum atomic E-state index is 0.0421. The molecule has 0 saturated heterocycles. The van der Waals surface area contributed by atoms with Crippen LogP contribution in [-0.2, 0) is 13.0 Å². The predicted molar refractivity (Wildman–Crippen MR) is 133 cm³/mol. The van der Waals surface area contributed by atoms with Crippen LogP contribution in [0.4, 0.5) is 0 Å². The van der Waals surface area contributed by atoms with Crippen LogP contribution in [-0.4, -0.2) is 40.9 Å². The summed E-state index contributed by atoms with van der Waals surface area (Å²) in [5.41, 5.74) is 4.38. The van der Waals surface area contributed by atoms with Gasteiger partial charge in [-0.15, -0.1) is 5.10 Å². The molecular formula is C24H21BrN6OS. The van der Waals surface area contributed by atoms with Gasteiger partial charge in [0.1, 0.15) is 0 Å². The number of aromatic nitrogens is 6. The van der Waals surface area contributed by atoms with Crippen LogP contribution in [0, 0.1) is 13.8 Å².